The Bertz CT molecular complexity index is 473. The molecule has 0 aromatic heterocycles. The highest BCUT2D eigenvalue weighted by Crippen LogP contribution is 2.39. The van der Waals surface area contributed by atoms with Gasteiger partial charge in [0.05, 0.1) is 5.92 Å². The predicted molar refractivity (Wildman–Crippen MR) is 73.3 cm³/mol. The minimum Gasteiger partial charge on any atom is -0.369 e. The second-order valence-corrected chi connectivity index (χ2v) is 5.85. The fraction of sp³-hybridized carbons (Fsp3) is 0.429. The second kappa shape index (κ2) is 5.57. The minimum atomic E-state index is -0.301. The summed E-state index contributed by atoms with van der Waals surface area (Å²) in [5.74, 6) is 0.113. The van der Waals surface area contributed by atoms with Gasteiger partial charge in [-0.2, -0.15) is 0 Å². The molecule has 0 saturated carbocycles. The number of hydrogen-bond donors (Lipinski definition) is 1. The van der Waals surface area contributed by atoms with Gasteiger partial charge in [-0.1, -0.05) is 36.0 Å². The number of benzene rings is 1. The normalized spacial score (nSPS) is 19.3. The number of nitrogens with two attached hydrogens (primary N) is 1. The number of fused-ring (bicyclic) bond motifs is 1. The van der Waals surface area contributed by atoms with Gasteiger partial charge in [0.15, 0.2) is 5.12 Å². The zero-order chi connectivity index (χ0) is 13.1. The van der Waals surface area contributed by atoms with Gasteiger partial charge in [0.1, 0.15) is 0 Å². The van der Waals surface area contributed by atoms with Crippen molar-refractivity contribution in [2.45, 2.75) is 25.7 Å². The highest BCUT2D eigenvalue weighted by molar-refractivity contribution is 8.13. The molecule has 1 amide bonds. The van der Waals surface area contributed by atoms with Gasteiger partial charge in [0.2, 0.25) is 5.91 Å². The van der Waals surface area contributed by atoms with Crippen molar-refractivity contribution < 1.29 is 9.59 Å². The van der Waals surface area contributed by atoms with E-state index in [0.29, 0.717) is 5.75 Å². The van der Waals surface area contributed by atoms with Crippen LogP contribution in [0.25, 0.3) is 0 Å². The van der Waals surface area contributed by atoms with Gasteiger partial charge in [-0.3, -0.25) is 9.59 Å². The topological polar surface area (TPSA) is 60.2 Å². The van der Waals surface area contributed by atoms with Crippen LogP contribution in [-0.4, -0.2) is 16.8 Å². The van der Waals surface area contributed by atoms with Crippen molar-refractivity contribution in [3.05, 3.63) is 35.4 Å². The molecule has 4 heteroatoms. The van der Waals surface area contributed by atoms with Gasteiger partial charge in [-0.25, -0.2) is 0 Å². The third-order valence-electron chi connectivity index (χ3n) is 3.50. The lowest BCUT2D eigenvalue weighted by molar-refractivity contribution is -0.121. The molecule has 2 N–H and O–H groups in total. The summed E-state index contributed by atoms with van der Waals surface area (Å²) < 4.78 is 0. The van der Waals surface area contributed by atoms with Crippen molar-refractivity contribution in [1.29, 1.82) is 0 Å². The summed E-state index contributed by atoms with van der Waals surface area (Å²) in [4.78, 5) is 22.6. The van der Waals surface area contributed by atoms with E-state index < -0.39 is 0 Å². The summed E-state index contributed by atoms with van der Waals surface area (Å²) in [6.45, 7) is 1.52. The summed E-state index contributed by atoms with van der Waals surface area (Å²) in [6, 6.07) is 8.19. The minimum absolute atomic E-state index is 0.0348. The van der Waals surface area contributed by atoms with E-state index in [1.54, 1.807) is 0 Å². The number of carbonyl (C=O) groups is 2. The van der Waals surface area contributed by atoms with E-state index in [-0.39, 0.29) is 22.9 Å². The number of aryl methyl sites for hydroxylation is 1. The van der Waals surface area contributed by atoms with E-state index in [1.165, 1.54) is 29.8 Å². The first-order valence-electron chi connectivity index (χ1n) is 6.10. The van der Waals surface area contributed by atoms with Crippen LogP contribution in [-0.2, 0) is 16.0 Å². The third-order valence-corrected chi connectivity index (χ3v) is 4.43. The molecule has 1 aromatic rings. The van der Waals surface area contributed by atoms with E-state index in [9.17, 15) is 9.59 Å². The van der Waals surface area contributed by atoms with Crippen LogP contribution in [0.2, 0.25) is 0 Å². The maximum Gasteiger partial charge on any atom is 0.221 e. The highest BCUT2D eigenvalue weighted by Gasteiger charge is 2.33. The summed E-state index contributed by atoms with van der Waals surface area (Å²) in [5, 5.41) is 0.0348. The Labute approximate surface area is 111 Å². The molecule has 2 unspecified atom stereocenters. The lowest BCUT2D eigenvalue weighted by atomic mass is 9.88. The molecule has 2 atom stereocenters. The lowest BCUT2D eigenvalue weighted by Gasteiger charge is -2.20. The van der Waals surface area contributed by atoms with Crippen molar-refractivity contribution in [2.75, 3.05) is 5.75 Å². The van der Waals surface area contributed by atoms with Crippen LogP contribution in [0.3, 0.4) is 0 Å². The summed E-state index contributed by atoms with van der Waals surface area (Å²) in [7, 11) is 0. The van der Waals surface area contributed by atoms with Crippen LogP contribution in [0.4, 0.5) is 0 Å². The molecule has 0 bridgehead atoms. The fourth-order valence-corrected chi connectivity index (χ4v) is 3.42. The van der Waals surface area contributed by atoms with E-state index in [0.717, 1.165) is 12.8 Å². The van der Waals surface area contributed by atoms with Crippen LogP contribution in [0.15, 0.2) is 24.3 Å². The summed E-state index contributed by atoms with van der Waals surface area (Å²) in [6.07, 6.45) is 1.95. The number of rotatable bonds is 4. The Morgan fingerprint density at radius 2 is 2.17 bits per heavy atom. The number of amides is 1. The molecule has 0 radical (unpaired) electrons. The van der Waals surface area contributed by atoms with Gasteiger partial charge in [-0.15, -0.1) is 0 Å². The molecular formula is C14H17NO2S. The zero-order valence-electron chi connectivity index (χ0n) is 10.4. The van der Waals surface area contributed by atoms with Crippen molar-refractivity contribution in [1.82, 2.24) is 0 Å². The van der Waals surface area contributed by atoms with Crippen LogP contribution in [0, 0.1) is 5.92 Å². The molecule has 0 fully saturated rings. The van der Waals surface area contributed by atoms with Crippen molar-refractivity contribution >= 4 is 22.8 Å². The quantitative estimate of drug-likeness (QED) is 0.905. The van der Waals surface area contributed by atoms with Gasteiger partial charge in [-0.05, 0) is 29.9 Å². The monoisotopic (exact) mass is 263 g/mol. The molecule has 0 heterocycles. The number of hydrogen-bond acceptors (Lipinski definition) is 3. The smallest absolute Gasteiger partial charge is 0.221 e. The zero-order valence-corrected chi connectivity index (χ0v) is 11.2. The molecule has 0 saturated heterocycles. The predicted octanol–water partition coefficient (Wildman–Crippen LogP) is 2.10. The Balaban J connectivity index is 2.18. The molecule has 1 aliphatic rings. The SMILES string of the molecule is CC(=O)SCC(C(N)=O)C1CCc2ccccc21. The van der Waals surface area contributed by atoms with Gasteiger partial charge >= 0.3 is 0 Å². The van der Waals surface area contributed by atoms with E-state index in [4.69, 9.17) is 5.73 Å². The van der Waals surface area contributed by atoms with Crippen molar-refractivity contribution in [3.8, 4) is 0 Å². The number of thioether (sulfide) groups is 1. The first kappa shape index (κ1) is 13.1. The van der Waals surface area contributed by atoms with Gasteiger partial charge in [0, 0.05) is 12.7 Å². The largest absolute Gasteiger partial charge is 0.369 e. The highest BCUT2D eigenvalue weighted by atomic mass is 32.2. The number of primary amides is 1. The van der Waals surface area contributed by atoms with Crippen LogP contribution in [0.5, 0.6) is 0 Å². The van der Waals surface area contributed by atoms with Crippen LogP contribution >= 0.6 is 11.8 Å². The average Bonchev–Trinajstić information content (AvgIpc) is 2.73. The summed E-state index contributed by atoms with van der Waals surface area (Å²) in [5.41, 5.74) is 8.03. The standard InChI is InChI=1S/C14H17NO2S/c1-9(16)18-8-13(14(15)17)12-7-6-10-4-2-3-5-11(10)12/h2-5,12-13H,6-8H2,1H3,(H2,15,17). The molecule has 2 rings (SSSR count). The van der Waals surface area contributed by atoms with Crippen molar-refractivity contribution in [2.24, 2.45) is 11.7 Å². The molecule has 18 heavy (non-hydrogen) atoms. The van der Waals surface area contributed by atoms with Gasteiger partial charge in [0.25, 0.3) is 0 Å². The van der Waals surface area contributed by atoms with E-state index in [2.05, 4.69) is 12.1 Å². The number of carbonyl (C=O) groups excluding carboxylic acids is 2. The first-order valence-corrected chi connectivity index (χ1v) is 7.08. The Morgan fingerprint density at radius 3 is 2.83 bits per heavy atom. The third kappa shape index (κ3) is 2.75. The second-order valence-electron chi connectivity index (χ2n) is 4.66. The molecule has 1 aromatic carbocycles. The summed E-state index contributed by atoms with van der Waals surface area (Å²) >= 11 is 1.19. The maximum absolute atomic E-state index is 11.6. The maximum atomic E-state index is 11.6. The van der Waals surface area contributed by atoms with E-state index >= 15 is 0 Å². The van der Waals surface area contributed by atoms with Crippen LogP contribution < -0.4 is 5.73 Å². The van der Waals surface area contributed by atoms with Gasteiger partial charge < -0.3 is 5.73 Å². The molecule has 0 aliphatic heterocycles. The molecule has 96 valence electrons. The molecule has 3 nitrogen and oxygen atoms in total. The molecular weight excluding hydrogens is 246 g/mol. The lowest BCUT2D eigenvalue weighted by Crippen LogP contribution is -2.30. The molecule has 0 spiro atoms. The van der Waals surface area contributed by atoms with Crippen molar-refractivity contribution in [3.63, 3.8) is 0 Å². The Morgan fingerprint density at radius 1 is 1.44 bits per heavy atom. The fourth-order valence-electron chi connectivity index (χ4n) is 2.61. The Kier molecular flexibility index (Phi) is 4.07. The van der Waals surface area contributed by atoms with E-state index in [1.807, 2.05) is 12.1 Å². The molecule has 1 aliphatic carbocycles. The van der Waals surface area contributed by atoms with Crippen LogP contribution in [0.1, 0.15) is 30.4 Å². The Hall–Kier alpha value is -1.29. The first-order chi connectivity index (χ1) is 8.59. The average molecular weight is 263 g/mol.